The Bertz CT molecular complexity index is 385. The normalized spacial score (nSPS) is 14.2. The van der Waals surface area contributed by atoms with Gasteiger partial charge in [-0.05, 0) is 19.4 Å². The summed E-state index contributed by atoms with van der Waals surface area (Å²) in [6, 6.07) is 6.89. The first-order chi connectivity index (χ1) is 7.56. The van der Waals surface area contributed by atoms with Gasteiger partial charge in [0.15, 0.2) is 16.3 Å². The number of aryl methyl sites for hydroxylation is 1. The van der Waals surface area contributed by atoms with E-state index < -0.39 is 22.3 Å². The summed E-state index contributed by atoms with van der Waals surface area (Å²) >= 11 is -2.27. The zero-order valence-electron chi connectivity index (χ0n) is 9.17. The van der Waals surface area contributed by atoms with Crippen LogP contribution in [0.3, 0.4) is 0 Å². The lowest BCUT2D eigenvalue weighted by atomic mass is 10.1. The molecular weight excluding hydrogens is 228 g/mol. The number of carbonyl (C=O) groups is 1. The van der Waals surface area contributed by atoms with Gasteiger partial charge in [-0.25, -0.2) is 4.21 Å². The molecule has 1 aromatic rings. The highest BCUT2D eigenvalue weighted by molar-refractivity contribution is 7.80. The molecule has 0 saturated carbocycles. The van der Waals surface area contributed by atoms with Crippen molar-refractivity contribution in [1.82, 2.24) is 0 Å². The molecule has 0 aliphatic heterocycles. The molecule has 4 nitrogen and oxygen atoms in total. The van der Waals surface area contributed by atoms with Crippen molar-refractivity contribution in [1.29, 1.82) is 0 Å². The second-order valence-electron chi connectivity index (χ2n) is 3.32. The second kappa shape index (κ2) is 5.77. The van der Waals surface area contributed by atoms with Crippen molar-refractivity contribution < 1.29 is 18.3 Å². The zero-order valence-corrected chi connectivity index (χ0v) is 9.99. The van der Waals surface area contributed by atoms with Gasteiger partial charge < -0.3 is 9.29 Å². The zero-order chi connectivity index (χ0) is 12.1. The summed E-state index contributed by atoms with van der Waals surface area (Å²) in [7, 11) is 0. The molecule has 0 aliphatic carbocycles. The van der Waals surface area contributed by atoms with Crippen molar-refractivity contribution in [3.8, 4) is 0 Å². The molecule has 0 fully saturated rings. The fourth-order valence-corrected chi connectivity index (χ4v) is 1.92. The number of benzene rings is 1. The molecule has 1 aromatic carbocycles. The summed E-state index contributed by atoms with van der Waals surface area (Å²) in [5.41, 5.74) is 1.51. The minimum absolute atomic E-state index is 0.193. The molecule has 5 heteroatoms. The summed E-state index contributed by atoms with van der Waals surface area (Å²) in [6.45, 7) is 3.75. The SMILES string of the molecule is CCOC(=O)C(c1ccc(C)cc1)S(=O)O. The summed E-state index contributed by atoms with van der Waals surface area (Å²) in [5.74, 6) is -0.674. The van der Waals surface area contributed by atoms with Crippen molar-refractivity contribution >= 4 is 17.0 Å². The molecule has 1 N–H and O–H groups in total. The van der Waals surface area contributed by atoms with E-state index in [1.165, 1.54) is 0 Å². The van der Waals surface area contributed by atoms with Gasteiger partial charge in [0.25, 0.3) is 0 Å². The molecule has 2 unspecified atom stereocenters. The highest BCUT2D eigenvalue weighted by atomic mass is 32.2. The number of rotatable bonds is 4. The Morgan fingerprint density at radius 3 is 2.44 bits per heavy atom. The third-order valence-electron chi connectivity index (χ3n) is 2.08. The summed E-state index contributed by atoms with van der Waals surface area (Å²) in [5, 5.41) is -1.12. The minimum atomic E-state index is -2.27. The highest BCUT2D eigenvalue weighted by Crippen LogP contribution is 2.21. The first kappa shape index (κ1) is 12.9. The molecule has 1 rings (SSSR count). The van der Waals surface area contributed by atoms with Crippen LogP contribution in [0.5, 0.6) is 0 Å². The largest absolute Gasteiger partial charge is 0.465 e. The van der Waals surface area contributed by atoms with E-state index in [9.17, 15) is 9.00 Å². The van der Waals surface area contributed by atoms with E-state index in [0.29, 0.717) is 5.56 Å². The molecule has 0 heterocycles. The Hall–Kier alpha value is -1.20. The molecule has 0 aromatic heterocycles. The smallest absolute Gasteiger partial charge is 0.328 e. The second-order valence-corrected chi connectivity index (χ2v) is 4.34. The van der Waals surface area contributed by atoms with Crippen molar-refractivity contribution in [2.24, 2.45) is 0 Å². The summed E-state index contributed by atoms with van der Waals surface area (Å²) in [4.78, 5) is 11.5. The van der Waals surface area contributed by atoms with Crippen LogP contribution in [0.1, 0.15) is 23.3 Å². The summed E-state index contributed by atoms with van der Waals surface area (Å²) < 4.78 is 25.0. The maximum absolute atomic E-state index is 11.5. The molecule has 0 radical (unpaired) electrons. The third-order valence-corrected chi connectivity index (χ3v) is 2.95. The minimum Gasteiger partial charge on any atom is -0.465 e. The van der Waals surface area contributed by atoms with Crippen LogP contribution in [0.25, 0.3) is 0 Å². The van der Waals surface area contributed by atoms with E-state index in [2.05, 4.69) is 0 Å². The van der Waals surface area contributed by atoms with Gasteiger partial charge >= 0.3 is 5.97 Å². The molecule has 0 bridgehead atoms. The lowest BCUT2D eigenvalue weighted by Gasteiger charge is -2.12. The Morgan fingerprint density at radius 2 is 2.00 bits per heavy atom. The monoisotopic (exact) mass is 242 g/mol. The Balaban J connectivity index is 2.98. The van der Waals surface area contributed by atoms with E-state index in [4.69, 9.17) is 9.29 Å². The lowest BCUT2D eigenvalue weighted by molar-refractivity contribution is -0.142. The van der Waals surface area contributed by atoms with Crippen molar-refractivity contribution in [3.05, 3.63) is 35.4 Å². The van der Waals surface area contributed by atoms with Gasteiger partial charge in [-0.2, -0.15) is 0 Å². The third kappa shape index (κ3) is 3.15. The number of esters is 1. The topological polar surface area (TPSA) is 63.6 Å². The van der Waals surface area contributed by atoms with Crippen molar-refractivity contribution in [2.75, 3.05) is 6.61 Å². The average molecular weight is 242 g/mol. The Labute approximate surface area is 96.9 Å². The van der Waals surface area contributed by atoms with Crippen LogP contribution < -0.4 is 0 Å². The molecule has 16 heavy (non-hydrogen) atoms. The quantitative estimate of drug-likeness (QED) is 0.646. The number of hydrogen-bond acceptors (Lipinski definition) is 3. The van der Waals surface area contributed by atoms with Crippen molar-refractivity contribution in [2.45, 2.75) is 19.1 Å². The lowest BCUT2D eigenvalue weighted by Crippen LogP contribution is -2.20. The van der Waals surface area contributed by atoms with E-state index >= 15 is 0 Å². The standard InChI is InChI=1S/C11H14O4S/c1-3-15-11(12)10(16(13)14)9-6-4-8(2)5-7-9/h4-7,10H,3H2,1-2H3,(H,13,14). The predicted molar refractivity (Wildman–Crippen MR) is 61.3 cm³/mol. The van der Waals surface area contributed by atoms with Crippen LogP contribution in [0, 0.1) is 6.92 Å². The van der Waals surface area contributed by atoms with Crippen LogP contribution in [0.4, 0.5) is 0 Å². The van der Waals surface area contributed by atoms with Crippen LogP contribution in [-0.2, 0) is 20.6 Å². The molecule has 0 spiro atoms. The van der Waals surface area contributed by atoms with Gasteiger partial charge in [-0.3, -0.25) is 4.79 Å². The van der Waals surface area contributed by atoms with Gasteiger partial charge in [0, 0.05) is 0 Å². The average Bonchev–Trinajstić information content (AvgIpc) is 2.21. The van der Waals surface area contributed by atoms with Gasteiger partial charge in [0.1, 0.15) is 0 Å². The maximum atomic E-state index is 11.5. The van der Waals surface area contributed by atoms with Crippen LogP contribution in [-0.4, -0.2) is 21.3 Å². The van der Waals surface area contributed by atoms with Gasteiger partial charge in [-0.1, -0.05) is 29.8 Å². The fourth-order valence-electron chi connectivity index (χ4n) is 1.29. The van der Waals surface area contributed by atoms with Gasteiger partial charge in [0.05, 0.1) is 6.61 Å². The Kier molecular flexibility index (Phi) is 4.64. The Morgan fingerprint density at radius 1 is 1.44 bits per heavy atom. The molecule has 0 saturated heterocycles. The molecule has 0 amide bonds. The van der Waals surface area contributed by atoms with Gasteiger partial charge in [-0.15, -0.1) is 0 Å². The molecule has 0 aliphatic rings. The highest BCUT2D eigenvalue weighted by Gasteiger charge is 2.27. The summed E-state index contributed by atoms with van der Waals surface area (Å²) in [6.07, 6.45) is 0. The van der Waals surface area contributed by atoms with E-state index in [1.54, 1.807) is 31.2 Å². The fraction of sp³-hybridized carbons (Fsp3) is 0.364. The van der Waals surface area contributed by atoms with E-state index in [1.807, 2.05) is 6.92 Å². The predicted octanol–water partition coefficient (Wildman–Crippen LogP) is 1.82. The maximum Gasteiger partial charge on any atom is 0.328 e. The van der Waals surface area contributed by atoms with Crippen LogP contribution in [0.2, 0.25) is 0 Å². The molecular formula is C11H14O4S. The number of hydrogen-bond donors (Lipinski definition) is 1. The first-order valence-electron chi connectivity index (χ1n) is 4.89. The van der Waals surface area contributed by atoms with Crippen molar-refractivity contribution in [3.63, 3.8) is 0 Å². The van der Waals surface area contributed by atoms with E-state index in [-0.39, 0.29) is 6.61 Å². The van der Waals surface area contributed by atoms with Crippen LogP contribution in [0.15, 0.2) is 24.3 Å². The van der Waals surface area contributed by atoms with E-state index in [0.717, 1.165) is 5.56 Å². The van der Waals surface area contributed by atoms with Crippen LogP contribution >= 0.6 is 0 Å². The molecule has 2 atom stereocenters. The number of ether oxygens (including phenoxy) is 1. The number of carbonyl (C=O) groups excluding carboxylic acids is 1. The molecule has 88 valence electrons. The first-order valence-corrected chi connectivity index (χ1v) is 6.06. The van der Waals surface area contributed by atoms with Gasteiger partial charge in [0.2, 0.25) is 0 Å².